The maximum atomic E-state index is 5.80. The highest BCUT2D eigenvalue weighted by molar-refractivity contribution is 5.06. The van der Waals surface area contributed by atoms with E-state index in [2.05, 4.69) is 45.8 Å². The Hall–Kier alpha value is -1.69. The zero-order valence-electron chi connectivity index (χ0n) is 13.9. The van der Waals surface area contributed by atoms with Gasteiger partial charge in [0, 0.05) is 24.9 Å². The van der Waals surface area contributed by atoms with Gasteiger partial charge >= 0.3 is 0 Å². The maximum absolute atomic E-state index is 5.80. The zero-order valence-corrected chi connectivity index (χ0v) is 13.9. The molecule has 0 fully saturated rings. The van der Waals surface area contributed by atoms with Gasteiger partial charge in [0.2, 0.25) is 5.89 Å². The molecule has 0 aliphatic carbocycles. The van der Waals surface area contributed by atoms with E-state index in [1.165, 1.54) is 0 Å². The number of fused-ring (bicyclic) bond motifs is 1. The van der Waals surface area contributed by atoms with Crippen molar-refractivity contribution in [1.29, 1.82) is 0 Å². The number of nitrogens with zero attached hydrogens (tertiary/aromatic N) is 4. The van der Waals surface area contributed by atoms with E-state index in [0.29, 0.717) is 12.5 Å². The molecule has 3 heterocycles. The number of oxazole rings is 1. The fraction of sp³-hybridized carbons (Fsp3) is 0.688. The second-order valence-electron chi connectivity index (χ2n) is 7.18. The highest BCUT2D eigenvalue weighted by Gasteiger charge is 2.22. The van der Waals surface area contributed by atoms with Gasteiger partial charge in [-0.15, -0.1) is 10.2 Å². The van der Waals surface area contributed by atoms with Crippen molar-refractivity contribution in [3.63, 3.8) is 0 Å². The molecule has 0 radical (unpaired) electrons. The summed E-state index contributed by atoms with van der Waals surface area (Å²) in [6, 6.07) is 0. The number of nitrogens with one attached hydrogen (secondary N) is 1. The normalized spacial score (nSPS) is 18.5. The molecule has 22 heavy (non-hydrogen) atoms. The van der Waals surface area contributed by atoms with Crippen LogP contribution < -0.4 is 5.32 Å². The molecular weight excluding hydrogens is 278 g/mol. The van der Waals surface area contributed by atoms with Gasteiger partial charge in [-0.05, 0) is 19.3 Å². The molecular formula is C16H25N5O. The summed E-state index contributed by atoms with van der Waals surface area (Å²) in [5.74, 6) is 4.45. The average Bonchev–Trinajstić information content (AvgIpc) is 3.06. The lowest BCUT2D eigenvalue weighted by atomic mass is 9.94. The van der Waals surface area contributed by atoms with Crippen LogP contribution in [0.4, 0.5) is 0 Å². The van der Waals surface area contributed by atoms with Crippen LogP contribution >= 0.6 is 0 Å². The van der Waals surface area contributed by atoms with Crippen molar-refractivity contribution in [3.8, 4) is 0 Å². The Balaban J connectivity index is 1.50. The minimum absolute atomic E-state index is 0.0109. The molecule has 2 aromatic heterocycles. The largest absolute Gasteiger partial charge is 0.444 e. The van der Waals surface area contributed by atoms with Gasteiger partial charge in [0.15, 0.2) is 0 Å². The van der Waals surface area contributed by atoms with Crippen LogP contribution in [0.5, 0.6) is 0 Å². The molecule has 0 saturated carbocycles. The summed E-state index contributed by atoms with van der Waals surface area (Å²) in [6.07, 6.45) is 4.01. The van der Waals surface area contributed by atoms with Crippen LogP contribution in [-0.2, 0) is 24.9 Å². The Bertz CT molecular complexity index is 637. The Morgan fingerprint density at radius 1 is 1.36 bits per heavy atom. The summed E-state index contributed by atoms with van der Waals surface area (Å²) in [7, 11) is 0. The van der Waals surface area contributed by atoms with Crippen LogP contribution in [0.15, 0.2) is 10.6 Å². The summed E-state index contributed by atoms with van der Waals surface area (Å²) >= 11 is 0. The summed E-state index contributed by atoms with van der Waals surface area (Å²) in [6.45, 7) is 11.1. The molecule has 120 valence electrons. The van der Waals surface area contributed by atoms with Crippen molar-refractivity contribution in [2.45, 2.75) is 59.0 Å². The number of aromatic nitrogens is 4. The first-order chi connectivity index (χ1) is 10.4. The third-order valence-electron chi connectivity index (χ3n) is 4.23. The third-order valence-corrected chi connectivity index (χ3v) is 4.23. The summed E-state index contributed by atoms with van der Waals surface area (Å²) in [5.41, 5.74) is 0.0109. The molecule has 0 bridgehead atoms. The highest BCUT2D eigenvalue weighted by Crippen LogP contribution is 2.23. The van der Waals surface area contributed by atoms with Crippen molar-refractivity contribution >= 4 is 0 Å². The Kier molecular flexibility index (Phi) is 4.04. The second kappa shape index (κ2) is 5.83. The van der Waals surface area contributed by atoms with Gasteiger partial charge in [0.05, 0.1) is 12.7 Å². The van der Waals surface area contributed by atoms with E-state index in [-0.39, 0.29) is 5.41 Å². The molecule has 0 spiro atoms. The van der Waals surface area contributed by atoms with Crippen LogP contribution in [0.1, 0.15) is 50.5 Å². The molecule has 1 N–H and O–H groups in total. The van der Waals surface area contributed by atoms with Crippen molar-refractivity contribution in [2.24, 2.45) is 5.92 Å². The summed E-state index contributed by atoms with van der Waals surface area (Å²) < 4.78 is 8.04. The zero-order chi connectivity index (χ0) is 15.7. The molecule has 0 amide bonds. The van der Waals surface area contributed by atoms with Crippen LogP contribution in [0.25, 0.3) is 0 Å². The molecule has 0 saturated heterocycles. The van der Waals surface area contributed by atoms with E-state index >= 15 is 0 Å². The standard InChI is InChI=1S/C16H25N5O/c1-11-19-20-14-6-5-12(10-21(11)14)7-17-9-15-18-8-13(22-15)16(2,3)4/h8,12,17H,5-7,9-10H2,1-4H3/t12-/m1/s1. The topological polar surface area (TPSA) is 68.8 Å². The first kappa shape index (κ1) is 15.2. The lowest BCUT2D eigenvalue weighted by Gasteiger charge is -2.24. The predicted octanol–water partition coefficient (Wildman–Crippen LogP) is 2.22. The molecule has 6 nitrogen and oxygen atoms in total. The number of hydrogen-bond donors (Lipinski definition) is 1. The minimum Gasteiger partial charge on any atom is -0.444 e. The van der Waals surface area contributed by atoms with Gasteiger partial charge in [-0.25, -0.2) is 4.98 Å². The molecule has 1 atom stereocenters. The van der Waals surface area contributed by atoms with Crippen molar-refractivity contribution in [2.75, 3.05) is 6.54 Å². The van der Waals surface area contributed by atoms with Gasteiger partial charge in [0.25, 0.3) is 0 Å². The third kappa shape index (κ3) is 3.21. The van der Waals surface area contributed by atoms with Crippen molar-refractivity contribution < 1.29 is 4.42 Å². The molecule has 2 aromatic rings. The van der Waals surface area contributed by atoms with Crippen LogP contribution in [-0.4, -0.2) is 26.3 Å². The monoisotopic (exact) mass is 303 g/mol. The predicted molar refractivity (Wildman–Crippen MR) is 83.5 cm³/mol. The Labute approximate surface area is 131 Å². The fourth-order valence-electron chi connectivity index (χ4n) is 2.82. The minimum atomic E-state index is 0.0109. The van der Waals surface area contributed by atoms with Gasteiger partial charge in [-0.2, -0.15) is 0 Å². The SMILES string of the molecule is Cc1nnc2n1C[C@@H](CNCc1ncc(C(C)(C)C)o1)CC2. The van der Waals surface area contributed by atoms with E-state index in [1.54, 1.807) is 0 Å². The molecule has 6 heteroatoms. The highest BCUT2D eigenvalue weighted by atomic mass is 16.4. The van der Waals surface area contributed by atoms with Gasteiger partial charge in [-0.1, -0.05) is 20.8 Å². The van der Waals surface area contributed by atoms with E-state index in [1.807, 2.05) is 13.1 Å². The molecule has 0 unspecified atom stereocenters. The van der Waals surface area contributed by atoms with Crippen LogP contribution in [0, 0.1) is 12.8 Å². The number of rotatable bonds is 4. The first-order valence-electron chi connectivity index (χ1n) is 7.98. The second-order valence-corrected chi connectivity index (χ2v) is 7.18. The summed E-state index contributed by atoms with van der Waals surface area (Å²) in [5, 5.41) is 11.8. The van der Waals surface area contributed by atoms with E-state index < -0.39 is 0 Å². The smallest absolute Gasteiger partial charge is 0.208 e. The average molecular weight is 303 g/mol. The molecule has 1 aliphatic rings. The van der Waals surface area contributed by atoms with Crippen LogP contribution in [0.2, 0.25) is 0 Å². The quantitative estimate of drug-likeness (QED) is 0.938. The van der Waals surface area contributed by atoms with Crippen molar-refractivity contribution in [1.82, 2.24) is 25.1 Å². The molecule has 1 aliphatic heterocycles. The van der Waals surface area contributed by atoms with E-state index in [0.717, 1.165) is 49.2 Å². The lowest BCUT2D eigenvalue weighted by molar-refractivity contribution is 0.329. The van der Waals surface area contributed by atoms with Gasteiger partial charge in [0.1, 0.15) is 17.4 Å². The van der Waals surface area contributed by atoms with Gasteiger partial charge < -0.3 is 14.3 Å². The van der Waals surface area contributed by atoms with Crippen LogP contribution in [0.3, 0.4) is 0 Å². The van der Waals surface area contributed by atoms with Gasteiger partial charge in [-0.3, -0.25) is 0 Å². The first-order valence-corrected chi connectivity index (χ1v) is 7.98. The lowest BCUT2D eigenvalue weighted by Crippen LogP contribution is -2.30. The molecule has 0 aromatic carbocycles. The number of aryl methyl sites for hydroxylation is 2. The Morgan fingerprint density at radius 3 is 2.91 bits per heavy atom. The molecule has 3 rings (SSSR count). The van der Waals surface area contributed by atoms with E-state index in [9.17, 15) is 0 Å². The summed E-state index contributed by atoms with van der Waals surface area (Å²) in [4.78, 5) is 4.35. The fourth-order valence-corrected chi connectivity index (χ4v) is 2.82. The van der Waals surface area contributed by atoms with E-state index in [4.69, 9.17) is 4.42 Å². The maximum Gasteiger partial charge on any atom is 0.208 e. The van der Waals surface area contributed by atoms with Crippen molar-refractivity contribution in [3.05, 3.63) is 29.5 Å². The number of hydrogen-bond acceptors (Lipinski definition) is 5. The Morgan fingerprint density at radius 2 is 2.18 bits per heavy atom.